The monoisotopic (exact) mass is 293 g/mol. The standard InChI is InChI=1S/C16H27N3O2/c1-2-3-4-5-6-7-11-21-14(20)13-12-18-15(19-13)16(17)9-8-10-16/h12H,2-11,17H2,1H3,(H,18,19). The highest BCUT2D eigenvalue weighted by molar-refractivity contribution is 5.87. The van der Waals surface area contributed by atoms with Crippen molar-refractivity contribution in [3.63, 3.8) is 0 Å². The molecule has 1 aromatic rings. The molecule has 1 aliphatic rings. The van der Waals surface area contributed by atoms with Crippen molar-refractivity contribution < 1.29 is 9.53 Å². The molecule has 1 fully saturated rings. The number of unbranched alkanes of at least 4 members (excludes halogenated alkanes) is 5. The molecule has 118 valence electrons. The van der Waals surface area contributed by atoms with Crippen molar-refractivity contribution in [2.24, 2.45) is 5.73 Å². The number of carbonyl (C=O) groups is 1. The summed E-state index contributed by atoms with van der Waals surface area (Å²) in [7, 11) is 0. The lowest BCUT2D eigenvalue weighted by molar-refractivity contribution is 0.0491. The van der Waals surface area contributed by atoms with Gasteiger partial charge in [0.2, 0.25) is 0 Å². The molecule has 2 rings (SSSR count). The van der Waals surface area contributed by atoms with Crippen molar-refractivity contribution in [2.45, 2.75) is 70.3 Å². The second-order valence-corrected chi connectivity index (χ2v) is 6.06. The maximum absolute atomic E-state index is 11.9. The first kappa shape index (κ1) is 16.0. The normalized spacial score (nSPS) is 16.5. The molecule has 5 heteroatoms. The van der Waals surface area contributed by atoms with Crippen LogP contribution in [0, 0.1) is 0 Å². The van der Waals surface area contributed by atoms with Gasteiger partial charge in [-0.25, -0.2) is 9.78 Å². The molecule has 1 heterocycles. The van der Waals surface area contributed by atoms with Crippen molar-refractivity contribution in [3.05, 3.63) is 17.7 Å². The first-order valence-electron chi connectivity index (χ1n) is 8.17. The number of nitrogens with one attached hydrogen (secondary N) is 1. The number of carbonyl (C=O) groups excluding carboxylic acids is 1. The van der Waals surface area contributed by atoms with Gasteiger partial charge in [-0.15, -0.1) is 0 Å². The summed E-state index contributed by atoms with van der Waals surface area (Å²) in [6.07, 6.45) is 11.6. The fourth-order valence-corrected chi connectivity index (χ4v) is 2.60. The molecule has 21 heavy (non-hydrogen) atoms. The Morgan fingerprint density at radius 2 is 2.05 bits per heavy atom. The fraction of sp³-hybridized carbons (Fsp3) is 0.750. The Kier molecular flexibility index (Phi) is 5.79. The number of rotatable bonds is 9. The predicted molar refractivity (Wildman–Crippen MR) is 82.0 cm³/mol. The lowest BCUT2D eigenvalue weighted by Gasteiger charge is -2.35. The van der Waals surface area contributed by atoms with Gasteiger partial charge >= 0.3 is 5.97 Å². The molecule has 0 radical (unpaired) electrons. The van der Waals surface area contributed by atoms with Crippen LogP contribution in [0.2, 0.25) is 0 Å². The highest BCUT2D eigenvalue weighted by atomic mass is 16.5. The Bertz CT molecular complexity index is 452. The zero-order valence-electron chi connectivity index (χ0n) is 13.0. The third-order valence-corrected chi connectivity index (χ3v) is 4.24. The number of imidazole rings is 1. The Labute approximate surface area is 126 Å². The molecule has 5 nitrogen and oxygen atoms in total. The van der Waals surface area contributed by atoms with E-state index >= 15 is 0 Å². The Hall–Kier alpha value is -1.36. The van der Waals surface area contributed by atoms with E-state index in [0.717, 1.165) is 32.1 Å². The lowest BCUT2D eigenvalue weighted by Crippen LogP contribution is -2.44. The van der Waals surface area contributed by atoms with Crippen LogP contribution in [0.25, 0.3) is 0 Å². The van der Waals surface area contributed by atoms with Crippen LogP contribution in [0.3, 0.4) is 0 Å². The van der Waals surface area contributed by atoms with Gasteiger partial charge in [0, 0.05) is 0 Å². The average molecular weight is 293 g/mol. The maximum atomic E-state index is 11.9. The second kappa shape index (κ2) is 7.59. The minimum absolute atomic E-state index is 0.328. The Balaban J connectivity index is 1.67. The van der Waals surface area contributed by atoms with Crippen LogP contribution in [0.5, 0.6) is 0 Å². The van der Waals surface area contributed by atoms with Gasteiger partial charge in [0.25, 0.3) is 0 Å². The number of ether oxygens (including phenoxy) is 1. The van der Waals surface area contributed by atoms with Gasteiger partial charge in [-0.3, -0.25) is 0 Å². The molecule has 3 N–H and O–H groups in total. The molecule has 1 aromatic heterocycles. The minimum Gasteiger partial charge on any atom is -0.461 e. The second-order valence-electron chi connectivity index (χ2n) is 6.06. The van der Waals surface area contributed by atoms with Gasteiger partial charge in [0.05, 0.1) is 18.3 Å². The summed E-state index contributed by atoms with van der Waals surface area (Å²) in [4.78, 5) is 19.1. The summed E-state index contributed by atoms with van der Waals surface area (Å²) in [6.45, 7) is 2.68. The highest BCUT2D eigenvalue weighted by Gasteiger charge is 2.37. The largest absolute Gasteiger partial charge is 0.461 e. The third-order valence-electron chi connectivity index (χ3n) is 4.24. The summed E-state index contributed by atoms with van der Waals surface area (Å²) in [6, 6.07) is 0. The van der Waals surface area contributed by atoms with Crippen molar-refractivity contribution in [2.75, 3.05) is 6.61 Å². The molecule has 0 unspecified atom stereocenters. The summed E-state index contributed by atoms with van der Waals surface area (Å²) in [5.74, 6) is 0.380. The van der Waals surface area contributed by atoms with E-state index in [9.17, 15) is 4.79 Å². The summed E-state index contributed by atoms with van der Waals surface area (Å²) < 4.78 is 5.26. The van der Waals surface area contributed by atoms with E-state index in [0.29, 0.717) is 18.1 Å². The van der Waals surface area contributed by atoms with Crippen molar-refractivity contribution >= 4 is 5.97 Å². The van der Waals surface area contributed by atoms with Crippen LogP contribution in [0.15, 0.2) is 6.20 Å². The number of hydrogen-bond acceptors (Lipinski definition) is 4. The molecular weight excluding hydrogens is 266 g/mol. The van der Waals surface area contributed by atoms with Crippen LogP contribution in [0.1, 0.15) is 81.0 Å². The number of nitrogens with zero attached hydrogens (tertiary/aromatic N) is 1. The number of esters is 1. The van der Waals surface area contributed by atoms with E-state index in [1.807, 2.05) is 0 Å². The zero-order valence-corrected chi connectivity index (χ0v) is 13.0. The van der Waals surface area contributed by atoms with Crippen LogP contribution in [-0.4, -0.2) is 22.5 Å². The van der Waals surface area contributed by atoms with Crippen LogP contribution >= 0.6 is 0 Å². The third kappa shape index (κ3) is 4.30. The van der Waals surface area contributed by atoms with E-state index in [4.69, 9.17) is 10.5 Å². The smallest absolute Gasteiger partial charge is 0.356 e. The molecule has 1 saturated carbocycles. The van der Waals surface area contributed by atoms with E-state index in [1.165, 1.54) is 31.9 Å². The molecule has 0 aliphatic heterocycles. The summed E-state index contributed by atoms with van der Waals surface area (Å²) in [5, 5.41) is 0. The van der Waals surface area contributed by atoms with Gasteiger partial charge in [-0.2, -0.15) is 0 Å². The molecule has 0 bridgehead atoms. The minimum atomic E-state index is -0.363. The van der Waals surface area contributed by atoms with E-state index < -0.39 is 0 Å². The number of aromatic amines is 1. The topological polar surface area (TPSA) is 81.0 Å². The molecule has 1 aliphatic carbocycles. The molecular formula is C16H27N3O2. The number of nitrogens with two attached hydrogens (primary N) is 1. The average Bonchev–Trinajstić information content (AvgIpc) is 2.93. The molecule has 0 aromatic carbocycles. The quantitative estimate of drug-likeness (QED) is 0.541. The van der Waals surface area contributed by atoms with E-state index in [-0.39, 0.29) is 11.5 Å². The van der Waals surface area contributed by atoms with Crippen molar-refractivity contribution in [3.8, 4) is 0 Å². The number of H-pyrrole nitrogens is 1. The van der Waals surface area contributed by atoms with Gasteiger partial charge in [-0.05, 0) is 25.7 Å². The van der Waals surface area contributed by atoms with Crippen LogP contribution in [0.4, 0.5) is 0 Å². The first-order chi connectivity index (χ1) is 10.2. The molecule has 0 spiro atoms. The number of aromatic nitrogens is 2. The predicted octanol–water partition coefficient (Wildman–Crippen LogP) is 3.26. The summed E-state index contributed by atoms with van der Waals surface area (Å²) in [5.41, 5.74) is 6.22. The van der Waals surface area contributed by atoms with E-state index in [1.54, 1.807) is 0 Å². The van der Waals surface area contributed by atoms with Crippen molar-refractivity contribution in [1.82, 2.24) is 9.97 Å². The Morgan fingerprint density at radius 1 is 1.33 bits per heavy atom. The maximum Gasteiger partial charge on any atom is 0.356 e. The highest BCUT2D eigenvalue weighted by Crippen LogP contribution is 2.36. The first-order valence-corrected chi connectivity index (χ1v) is 8.17. The van der Waals surface area contributed by atoms with Crippen molar-refractivity contribution in [1.29, 1.82) is 0 Å². The molecule has 0 amide bonds. The fourth-order valence-electron chi connectivity index (χ4n) is 2.60. The van der Waals surface area contributed by atoms with Gasteiger partial charge < -0.3 is 15.5 Å². The van der Waals surface area contributed by atoms with Gasteiger partial charge in [-0.1, -0.05) is 39.0 Å². The van der Waals surface area contributed by atoms with Gasteiger partial charge in [0.15, 0.2) is 0 Å². The summed E-state index contributed by atoms with van der Waals surface area (Å²) >= 11 is 0. The molecule has 0 atom stereocenters. The molecule has 0 saturated heterocycles. The lowest BCUT2D eigenvalue weighted by atomic mass is 9.77. The SMILES string of the molecule is CCCCCCCCOC(=O)c1cnc(C2(N)CCC2)[nH]1. The van der Waals surface area contributed by atoms with E-state index in [2.05, 4.69) is 16.9 Å². The van der Waals surface area contributed by atoms with Crippen LogP contribution < -0.4 is 5.73 Å². The number of hydrogen-bond donors (Lipinski definition) is 2. The van der Waals surface area contributed by atoms with Gasteiger partial charge in [0.1, 0.15) is 11.5 Å². The Morgan fingerprint density at radius 3 is 2.71 bits per heavy atom. The zero-order chi connectivity index (χ0) is 15.1. The van der Waals surface area contributed by atoms with Crippen LogP contribution in [-0.2, 0) is 10.3 Å².